The molecule has 1 atom stereocenters. The van der Waals surface area contributed by atoms with Gasteiger partial charge in [0.15, 0.2) is 0 Å². The van der Waals surface area contributed by atoms with E-state index in [1.54, 1.807) is 6.07 Å². The predicted octanol–water partition coefficient (Wildman–Crippen LogP) is 3.64. The Hall–Kier alpha value is -2.21. The first-order chi connectivity index (χ1) is 9.93. The molecule has 0 aliphatic heterocycles. The highest BCUT2D eigenvalue weighted by atomic mass is 19.1. The van der Waals surface area contributed by atoms with Crippen molar-refractivity contribution in [1.29, 1.82) is 0 Å². The lowest BCUT2D eigenvalue weighted by molar-refractivity contribution is -0.402. The van der Waals surface area contributed by atoms with Gasteiger partial charge in [-0.2, -0.15) is 0 Å². The molecular formula is C15H17FN2O3. The van der Waals surface area contributed by atoms with Crippen LogP contribution in [-0.2, 0) is 0 Å². The zero-order chi connectivity index (χ0) is 15.6. The molecule has 112 valence electrons. The van der Waals surface area contributed by atoms with E-state index in [0.717, 1.165) is 16.7 Å². The predicted molar refractivity (Wildman–Crippen MR) is 76.8 cm³/mol. The molecule has 0 amide bonds. The van der Waals surface area contributed by atoms with Crippen molar-refractivity contribution in [3.8, 4) is 0 Å². The molecule has 21 heavy (non-hydrogen) atoms. The Labute approximate surface area is 121 Å². The van der Waals surface area contributed by atoms with Gasteiger partial charge in [0, 0.05) is 0 Å². The van der Waals surface area contributed by atoms with E-state index in [0.29, 0.717) is 12.3 Å². The summed E-state index contributed by atoms with van der Waals surface area (Å²) in [5.74, 6) is -0.152. The summed E-state index contributed by atoms with van der Waals surface area (Å²) in [6.45, 7) is 6.20. The molecule has 0 bridgehead atoms. The minimum Gasteiger partial charge on any atom is -0.404 e. The van der Waals surface area contributed by atoms with Crippen LogP contribution in [0.4, 0.5) is 10.3 Å². The first-order valence-electron chi connectivity index (χ1n) is 6.68. The van der Waals surface area contributed by atoms with Crippen molar-refractivity contribution < 1.29 is 13.7 Å². The van der Waals surface area contributed by atoms with Crippen LogP contribution in [0.2, 0.25) is 0 Å². The second-order valence-corrected chi connectivity index (χ2v) is 4.88. The fraction of sp³-hybridized carbons (Fsp3) is 0.333. The Kier molecular flexibility index (Phi) is 4.37. The van der Waals surface area contributed by atoms with Gasteiger partial charge in [-0.3, -0.25) is 10.1 Å². The number of aryl methyl sites for hydroxylation is 2. The average molecular weight is 292 g/mol. The van der Waals surface area contributed by atoms with Gasteiger partial charge in [-0.15, -0.1) is 0 Å². The molecule has 0 aliphatic rings. The fourth-order valence-corrected chi connectivity index (χ4v) is 2.52. The van der Waals surface area contributed by atoms with Crippen LogP contribution in [-0.4, -0.2) is 11.5 Å². The molecule has 0 radical (unpaired) electrons. The summed E-state index contributed by atoms with van der Waals surface area (Å²) in [6, 6.07) is 5.46. The lowest BCUT2D eigenvalue weighted by Gasteiger charge is -2.20. The van der Waals surface area contributed by atoms with Gasteiger partial charge >= 0.3 is 5.88 Å². The van der Waals surface area contributed by atoms with Crippen LogP contribution in [0.5, 0.6) is 0 Å². The van der Waals surface area contributed by atoms with Gasteiger partial charge in [-0.25, -0.2) is 4.39 Å². The van der Waals surface area contributed by atoms with Gasteiger partial charge in [0.05, 0.1) is 12.1 Å². The number of rotatable bonds is 5. The Bertz CT molecular complexity index is 644. The van der Waals surface area contributed by atoms with E-state index in [2.05, 4.69) is 5.32 Å². The molecule has 0 fully saturated rings. The third-order valence-electron chi connectivity index (χ3n) is 3.33. The minimum atomic E-state index is -0.573. The molecule has 0 saturated carbocycles. The Morgan fingerprint density at radius 3 is 2.43 bits per heavy atom. The molecule has 2 aromatic rings. The summed E-state index contributed by atoms with van der Waals surface area (Å²) in [4.78, 5) is 10.2. The molecule has 2 rings (SSSR count). The molecule has 0 aliphatic carbocycles. The highest BCUT2D eigenvalue weighted by molar-refractivity contribution is 5.41. The third kappa shape index (κ3) is 3.11. The molecule has 6 heteroatoms. The topological polar surface area (TPSA) is 68.3 Å². The van der Waals surface area contributed by atoms with Gasteiger partial charge in [0.2, 0.25) is 0 Å². The van der Waals surface area contributed by atoms with Crippen LogP contribution < -0.4 is 5.32 Å². The first kappa shape index (κ1) is 15.2. The molecule has 5 nitrogen and oxygen atoms in total. The van der Waals surface area contributed by atoms with Gasteiger partial charge in [0.1, 0.15) is 16.5 Å². The van der Waals surface area contributed by atoms with E-state index in [9.17, 15) is 14.5 Å². The van der Waals surface area contributed by atoms with Crippen LogP contribution in [0.3, 0.4) is 0 Å². The smallest absolute Gasteiger partial charge is 0.404 e. The zero-order valence-corrected chi connectivity index (χ0v) is 12.1. The first-order valence-corrected chi connectivity index (χ1v) is 6.68. The van der Waals surface area contributed by atoms with Crippen LogP contribution in [0.15, 0.2) is 28.7 Å². The Morgan fingerprint density at radius 1 is 1.33 bits per heavy atom. The molecule has 1 N–H and O–H groups in total. The quantitative estimate of drug-likeness (QED) is 0.674. The molecule has 1 aromatic carbocycles. The van der Waals surface area contributed by atoms with E-state index in [1.165, 1.54) is 18.2 Å². The maximum Gasteiger partial charge on any atom is 0.433 e. The van der Waals surface area contributed by atoms with Crippen LogP contribution in [0.25, 0.3) is 0 Å². The number of benzene rings is 1. The van der Waals surface area contributed by atoms with Gasteiger partial charge < -0.3 is 9.73 Å². The highest BCUT2D eigenvalue weighted by Crippen LogP contribution is 2.31. The summed E-state index contributed by atoms with van der Waals surface area (Å²) in [6.07, 6.45) is 0. The highest BCUT2D eigenvalue weighted by Gasteiger charge is 2.23. The minimum absolute atomic E-state index is 0.297. The molecule has 0 spiro atoms. The number of furan rings is 1. The van der Waals surface area contributed by atoms with E-state index >= 15 is 0 Å². The standard InChI is InChI=1S/C15H17FN2O3/c1-4-17-15(12-5-6-13(21-12)18(19)20)14-9(2)7-11(16)8-10(14)3/h5-8,15,17H,4H2,1-3H3. The normalized spacial score (nSPS) is 12.4. The molecular weight excluding hydrogens is 275 g/mol. The number of nitrogens with one attached hydrogen (secondary N) is 1. The Balaban J connectivity index is 2.50. The van der Waals surface area contributed by atoms with Crippen LogP contribution in [0, 0.1) is 29.8 Å². The van der Waals surface area contributed by atoms with E-state index in [1.807, 2.05) is 20.8 Å². The van der Waals surface area contributed by atoms with Crippen LogP contribution in [0.1, 0.15) is 35.4 Å². The third-order valence-corrected chi connectivity index (χ3v) is 3.33. The van der Waals surface area contributed by atoms with Gasteiger partial charge in [-0.1, -0.05) is 6.92 Å². The van der Waals surface area contributed by atoms with Gasteiger partial charge in [-0.05, 0) is 55.3 Å². The van der Waals surface area contributed by atoms with E-state index in [-0.39, 0.29) is 17.7 Å². The van der Waals surface area contributed by atoms with Crippen molar-refractivity contribution in [2.45, 2.75) is 26.8 Å². The summed E-state index contributed by atoms with van der Waals surface area (Å²) < 4.78 is 18.7. The maximum atomic E-state index is 13.4. The second kappa shape index (κ2) is 6.05. The molecule has 1 heterocycles. The maximum absolute atomic E-state index is 13.4. The summed E-state index contributed by atoms with van der Waals surface area (Å²) >= 11 is 0. The van der Waals surface area contributed by atoms with E-state index < -0.39 is 4.92 Å². The summed E-state index contributed by atoms with van der Waals surface area (Å²) in [5, 5.41) is 14.0. The average Bonchev–Trinajstić information content (AvgIpc) is 2.86. The zero-order valence-electron chi connectivity index (χ0n) is 12.1. The Morgan fingerprint density at radius 2 is 1.95 bits per heavy atom. The van der Waals surface area contributed by atoms with Crippen LogP contribution >= 0.6 is 0 Å². The summed E-state index contributed by atoms with van der Waals surface area (Å²) in [5.41, 5.74) is 2.43. The number of halogens is 1. The SMILES string of the molecule is CCNC(c1ccc([N+](=O)[O-])o1)c1c(C)cc(F)cc1C. The van der Waals surface area contributed by atoms with E-state index in [4.69, 9.17) is 4.42 Å². The molecule has 1 aromatic heterocycles. The monoisotopic (exact) mass is 292 g/mol. The number of nitrogens with zero attached hydrogens (tertiary/aromatic N) is 1. The number of nitro groups is 1. The number of hydrogen-bond donors (Lipinski definition) is 1. The van der Waals surface area contributed by atoms with Crippen molar-refractivity contribution >= 4 is 5.88 Å². The second-order valence-electron chi connectivity index (χ2n) is 4.88. The fourth-order valence-electron chi connectivity index (χ4n) is 2.52. The lowest BCUT2D eigenvalue weighted by Crippen LogP contribution is -2.23. The largest absolute Gasteiger partial charge is 0.433 e. The van der Waals surface area contributed by atoms with Crippen molar-refractivity contribution in [3.05, 3.63) is 62.6 Å². The van der Waals surface area contributed by atoms with Gasteiger partial charge in [0.25, 0.3) is 0 Å². The van der Waals surface area contributed by atoms with Crippen molar-refractivity contribution in [3.63, 3.8) is 0 Å². The van der Waals surface area contributed by atoms with Crippen molar-refractivity contribution in [1.82, 2.24) is 5.32 Å². The summed E-state index contributed by atoms with van der Waals surface area (Å²) in [7, 11) is 0. The number of hydrogen-bond acceptors (Lipinski definition) is 4. The lowest BCUT2D eigenvalue weighted by atomic mass is 9.94. The van der Waals surface area contributed by atoms with Crippen molar-refractivity contribution in [2.75, 3.05) is 6.54 Å². The van der Waals surface area contributed by atoms with Crippen molar-refractivity contribution in [2.24, 2.45) is 0 Å². The molecule has 1 unspecified atom stereocenters. The molecule has 0 saturated heterocycles.